The maximum absolute atomic E-state index is 3.76. The fourth-order valence-electron chi connectivity index (χ4n) is 3.54. The molecule has 0 bridgehead atoms. The van der Waals surface area contributed by atoms with Crippen LogP contribution in [0, 0.1) is 0 Å². The van der Waals surface area contributed by atoms with Gasteiger partial charge < -0.3 is 5.32 Å². The van der Waals surface area contributed by atoms with Crippen LogP contribution in [0.5, 0.6) is 0 Å². The van der Waals surface area contributed by atoms with Gasteiger partial charge in [0.2, 0.25) is 0 Å². The topological polar surface area (TPSA) is 15.3 Å². The van der Waals surface area contributed by atoms with E-state index in [1.54, 1.807) is 0 Å². The number of halogens is 1. The molecule has 1 unspecified atom stereocenters. The largest absolute Gasteiger partial charge is 0.380 e. The molecular formula is C21H21BrN2. The molecule has 1 N–H and O–H groups in total. The van der Waals surface area contributed by atoms with Crippen LogP contribution >= 0.6 is 15.9 Å². The zero-order valence-electron chi connectivity index (χ0n) is 13.6. The predicted octanol–water partition coefficient (Wildman–Crippen LogP) is 5.29. The summed E-state index contributed by atoms with van der Waals surface area (Å²) < 4.78 is 1.15. The second-order valence-electron chi connectivity index (χ2n) is 6.49. The van der Waals surface area contributed by atoms with Crippen LogP contribution in [0.3, 0.4) is 0 Å². The second-order valence-corrected chi connectivity index (χ2v) is 7.35. The summed E-state index contributed by atoms with van der Waals surface area (Å²) in [5, 5.41) is 6.32. The van der Waals surface area contributed by atoms with Gasteiger partial charge in [-0.15, -0.1) is 0 Å². The van der Waals surface area contributed by atoms with Crippen LogP contribution < -0.4 is 5.32 Å². The molecule has 0 aliphatic carbocycles. The van der Waals surface area contributed by atoms with Crippen molar-refractivity contribution in [1.29, 1.82) is 0 Å². The summed E-state index contributed by atoms with van der Waals surface area (Å²) in [6.45, 7) is 3.29. The van der Waals surface area contributed by atoms with Crippen molar-refractivity contribution in [2.24, 2.45) is 0 Å². The highest BCUT2D eigenvalue weighted by Gasteiger charge is 2.22. The van der Waals surface area contributed by atoms with E-state index in [0.29, 0.717) is 6.04 Å². The Morgan fingerprint density at radius 1 is 0.917 bits per heavy atom. The van der Waals surface area contributed by atoms with Crippen LogP contribution in [0.25, 0.3) is 10.8 Å². The molecule has 3 heteroatoms. The van der Waals surface area contributed by atoms with Crippen LogP contribution in [0.1, 0.15) is 12.0 Å². The average molecular weight is 381 g/mol. The molecule has 1 aliphatic rings. The van der Waals surface area contributed by atoms with Gasteiger partial charge >= 0.3 is 0 Å². The third-order valence-corrected chi connectivity index (χ3v) is 5.44. The fourth-order valence-corrected chi connectivity index (χ4v) is 4.02. The van der Waals surface area contributed by atoms with Gasteiger partial charge in [-0.25, -0.2) is 0 Å². The van der Waals surface area contributed by atoms with Crippen molar-refractivity contribution in [3.8, 4) is 0 Å². The van der Waals surface area contributed by atoms with E-state index in [0.717, 1.165) is 24.1 Å². The Labute approximate surface area is 151 Å². The standard InChI is InChI=1S/C21H21BrN2/c22-20-10-11-21(19-9-5-4-8-18(19)20)23-17-12-13-24(15-17)14-16-6-2-1-3-7-16/h1-11,17,23H,12-15H2. The Bertz CT molecular complexity index is 832. The predicted molar refractivity (Wildman–Crippen MR) is 105 cm³/mol. The highest BCUT2D eigenvalue weighted by Crippen LogP contribution is 2.31. The molecule has 122 valence electrons. The van der Waals surface area contributed by atoms with Crippen molar-refractivity contribution in [2.45, 2.75) is 19.0 Å². The summed E-state index contributed by atoms with van der Waals surface area (Å²) >= 11 is 3.65. The molecule has 3 aromatic carbocycles. The van der Waals surface area contributed by atoms with Gasteiger partial charge in [0, 0.05) is 41.2 Å². The van der Waals surface area contributed by atoms with Gasteiger partial charge in [0.1, 0.15) is 0 Å². The van der Waals surface area contributed by atoms with Gasteiger partial charge in [0.05, 0.1) is 0 Å². The van der Waals surface area contributed by atoms with Crippen molar-refractivity contribution < 1.29 is 0 Å². The summed E-state index contributed by atoms with van der Waals surface area (Å²) in [7, 11) is 0. The molecule has 2 nitrogen and oxygen atoms in total. The summed E-state index contributed by atoms with van der Waals surface area (Å²) in [5.41, 5.74) is 2.63. The van der Waals surface area contributed by atoms with Crippen LogP contribution in [0.4, 0.5) is 5.69 Å². The lowest BCUT2D eigenvalue weighted by atomic mass is 10.1. The molecule has 0 spiro atoms. The molecule has 4 rings (SSSR count). The second kappa shape index (κ2) is 6.96. The quantitative estimate of drug-likeness (QED) is 0.661. The fraction of sp³-hybridized carbons (Fsp3) is 0.238. The van der Waals surface area contributed by atoms with E-state index >= 15 is 0 Å². The number of benzene rings is 3. The number of hydrogen-bond donors (Lipinski definition) is 1. The molecule has 0 aromatic heterocycles. The van der Waals surface area contributed by atoms with E-state index in [2.05, 4.69) is 92.9 Å². The molecule has 1 fully saturated rings. The highest BCUT2D eigenvalue weighted by atomic mass is 79.9. The van der Waals surface area contributed by atoms with E-state index < -0.39 is 0 Å². The minimum atomic E-state index is 0.512. The first kappa shape index (κ1) is 15.7. The van der Waals surface area contributed by atoms with Crippen molar-refractivity contribution in [2.75, 3.05) is 18.4 Å². The zero-order chi connectivity index (χ0) is 16.4. The summed E-state index contributed by atoms with van der Waals surface area (Å²) in [6.07, 6.45) is 1.19. The first-order valence-corrected chi connectivity index (χ1v) is 9.29. The lowest BCUT2D eigenvalue weighted by molar-refractivity contribution is 0.328. The van der Waals surface area contributed by atoms with Crippen LogP contribution in [-0.4, -0.2) is 24.0 Å². The summed E-state index contributed by atoms with van der Waals surface area (Å²) in [4.78, 5) is 2.54. The van der Waals surface area contributed by atoms with E-state index in [1.165, 1.54) is 28.4 Å². The minimum absolute atomic E-state index is 0.512. The summed E-state index contributed by atoms with van der Waals surface area (Å²) in [6, 6.07) is 24.1. The van der Waals surface area contributed by atoms with Crippen molar-refractivity contribution in [3.63, 3.8) is 0 Å². The third kappa shape index (κ3) is 3.33. The van der Waals surface area contributed by atoms with E-state index in [-0.39, 0.29) is 0 Å². The molecule has 1 heterocycles. The monoisotopic (exact) mass is 380 g/mol. The number of fused-ring (bicyclic) bond motifs is 1. The zero-order valence-corrected chi connectivity index (χ0v) is 15.2. The SMILES string of the molecule is Brc1ccc(NC2CCN(Cc3ccccc3)C2)c2ccccc12. The number of rotatable bonds is 4. The van der Waals surface area contributed by atoms with E-state index in [4.69, 9.17) is 0 Å². The molecule has 1 aliphatic heterocycles. The molecule has 3 aromatic rings. The van der Waals surface area contributed by atoms with Crippen LogP contribution in [0.2, 0.25) is 0 Å². The van der Waals surface area contributed by atoms with Crippen molar-refractivity contribution in [3.05, 3.63) is 76.8 Å². The van der Waals surface area contributed by atoms with Crippen LogP contribution in [-0.2, 0) is 6.54 Å². The number of likely N-dealkylation sites (tertiary alicyclic amines) is 1. The van der Waals surface area contributed by atoms with Gasteiger partial charge in [0.15, 0.2) is 0 Å². The van der Waals surface area contributed by atoms with Gasteiger partial charge in [-0.3, -0.25) is 4.90 Å². The maximum atomic E-state index is 3.76. The Balaban J connectivity index is 1.46. The molecule has 1 atom stereocenters. The van der Waals surface area contributed by atoms with Gasteiger partial charge in [0.25, 0.3) is 0 Å². The Kier molecular flexibility index (Phi) is 4.54. The smallest absolute Gasteiger partial charge is 0.0423 e. The van der Waals surface area contributed by atoms with Crippen molar-refractivity contribution >= 4 is 32.4 Å². The van der Waals surface area contributed by atoms with E-state index in [9.17, 15) is 0 Å². The lowest BCUT2D eigenvalue weighted by Gasteiger charge is -2.18. The lowest BCUT2D eigenvalue weighted by Crippen LogP contribution is -2.26. The first-order chi connectivity index (χ1) is 11.8. The van der Waals surface area contributed by atoms with Gasteiger partial charge in [-0.2, -0.15) is 0 Å². The molecule has 24 heavy (non-hydrogen) atoms. The molecule has 0 saturated carbocycles. The number of hydrogen-bond acceptors (Lipinski definition) is 2. The van der Waals surface area contributed by atoms with Gasteiger partial charge in [-0.1, -0.05) is 70.5 Å². The number of anilines is 1. The van der Waals surface area contributed by atoms with Crippen molar-refractivity contribution in [1.82, 2.24) is 4.90 Å². The maximum Gasteiger partial charge on any atom is 0.0423 e. The first-order valence-electron chi connectivity index (χ1n) is 8.50. The molecular weight excluding hydrogens is 360 g/mol. The van der Waals surface area contributed by atoms with Crippen LogP contribution in [0.15, 0.2) is 71.2 Å². The molecule has 0 amide bonds. The minimum Gasteiger partial charge on any atom is -0.380 e. The summed E-state index contributed by atoms with van der Waals surface area (Å²) in [5.74, 6) is 0. The highest BCUT2D eigenvalue weighted by molar-refractivity contribution is 9.10. The number of nitrogens with one attached hydrogen (secondary N) is 1. The Hall–Kier alpha value is -1.84. The average Bonchev–Trinajstić information content (AvgIpc) is 3.05. The third-order valence-electron chi connectivity index (χ3n) is 4.75. The van der Waals surface area contributed by atoms with E-state index in [1.807, 2.05) is 0 Å². The Morgan fingerprint density at radius 2 is 1.67 bits per heavy atom. The number of nitrogens with zero attached hydrogens (tertiary/aromatic N) is 1. The van der Waals surface area contributed by atoms with Gasteiger partial charge in [-0.05, 0) is 29.5 Å². The Morgan fingerprint density at radius 3 is 2.50 bits per heavy atom. The molecule has 0 radical (unpaired) electrons. The normalized spacial score (nSPS) is 18.1. The molecule has 1 saturated heterocycles.